The van der Waals surface area contributed by atoms with Crippen LogP contribution < -0.4 is 10.6 Å². The van der Waals surface area contributed by atoms with E-state index in [1.54, 1.807) is 0 Å². The lowest BCUT2D eigenvalue weighted by Crippen LogP contribution is -2.43. The van der Waals surface area contributed by atoms with Gasteiger partial charge in [-0.15, -0.1) is 0 Å². The third-order valence-electron chi connectivity index (χ3n) is 3.89. The van der Waals surface area contributed by atoms with Gasteiger partial charge >= 0.3 is 0 Å². The van der Waals surface area contributed by atoms with E-state index in [1.807, 2.05) is 34.7 Å². The summed E-state index contributed by atoms with van der Waals surface area (Å²) in [6.07, 6.45) is 2.63. The van der Waals surface area contributed by atoms with Crippen LogP contribution in [0.5, 0.6) is 0 Å². The van der Waals surface area contributed by atoms with Crippen LogP contribution in [0.1, 0.15) is 40.5 Å². The van der Waals surface area contributed by atoms with Crippen molar-refractivity contribution in [3.05, 3.63) is 0 Å². The van der Waals surface area contributed by atoms with Crippen molar-refractivity contribution in [2.24, 2.45) is 16.3 Å². The lowest BCUT2D eigenvalue weighted by atomic mass is 9.92. The molecule has 0 spiro atoms. The number of nitrogens with one attached hydrogen (secondary N) is 2. The van der Waals surface area contributed by atoms with Crippen molar-refractivity contribution < 1.29 is 9.53 Å². The number of guanidine groups is 1. The van der Waals surface area contributed by atoms with Gasteiger partial charge in [-0.3, -0.25) is 9.79 Å². The van der Waals surface area contributed by atoms with E-state index in [0.717, 1.165) is 31.6 Å². The first-order valence-electron chi connectivity index (χ1n) is 8.76. The third kappa shape index (κ3) is 7.68. The van der Waals surface area contributed by atoms with E-state index < -0.39 is 5.41 Å². The summed E-state index contributed by atoms with van der Waals surface area (Å²) in [7, 11) is 2.00. The standard InChI is InChI=1S/C17H34N4O2/c1-6-18-15(22)17(3,4)13-20-16(19-7-2)21(5)10-11-23-12-14-8-9-14/h14H,6-13H2,1-5H3,(H,18,22)(H,19,20). The molecule has 0 aliphatic heterocycles. The second-order valence-corrected chi connectivity index (χ2v) is 6.85. The topological polar surface area (TPSA) is 66.0 Å². The van der Waals surface area contributed by atoms with E-state index in [2.05, 4.69) is 20.5 Å². The zero-order valence-corrected chi connectivity index (χ0v) is 15.4. The molecule has 0 atom stereocenters. The molecule has 0 aromatic carbocycles. The highest BCUT2D eigenvalue weighted by molar-refractivity contribution is 5.83. The van der Waals surface area contributed by atoms with E-state index in [0.29, 0.717) is 19.7 Å². The fourth-order valence-corrected chi connectivity index (χ4v) is 2.06. The molecule has 1 rings (SSSR count). The summed E-state index contributed by atoms with van der Waals surface area (Å²) >= 11 is 0. The zero-order chi connectivity index (χ0) is 17.3. The molecule has 6 heteroatoms. The molecule has 0 radical (unpaired) electrons. The molecule has 0 aromatic heterocycles. The maximum Gasteiger partial charge on any atom is 0.227 e. The highest BCUT2D eigenvalue weighted by atomic mass is 16.5. The second-order valence-electron chi connectivity index (χ2n) is 6.85. The molecule has 23 heavy (non-hydrogen) atoms. The quantitative estimate of drug-likeness (QED) is 0.362. The lowest BCUT2D eigenvalue weighted by molar-refractivity contribution is -0.128. The van der Waals surface area contributed by atoms with E-state index in [4.69, 9.17) is 4.74 Å². The number of hydrogen-bond donors (Lipinski definition) is 2. The van der Waals surface area contributed by atoms with Gasteiger partial charge in [0.15, 0.2) is 5.96 Å². The molecule has 2 N–H and O–H groups in total. The first-order chi connectivity index (χ1) is 10.9. The summed E-state index contributed by atoms with van der Waals surface area (Å²) in [6, 6.07) is 0. The maximum atomic E-state index is 12.1. The summed E-state index contributed by atoms with van der Waals surface area (Å²) < 4.78 is 5.68. The van der Waals surface area contributed by atoms with Crippen LogP contribution in [0.2, 0.25) is 0 Å². The maximum absolute atomic E-state index is 12.1. The van der Waals surface area contributed by atoms with Gasteiger partial charge in [-0.2, -0.15) is 0 Å². The lowest BCUT2D eigenvalue weighted by Gasteiger charge is -2.25. The largest absolute Gasteiger partial charge is 0.379 e. The Hall–Kier alpha value is -1.30. The van der Waals surface area contributed by atoms with Crippen LogP contribution in [-0.4, -0.2) is 63.2 Å². The minimum Gasteiger partial charge on any atom is -0.379 e. The van der Waals surface area contributed by atoms with Crippen LogP contribution in [0, 0.1) is 11.3 Å². The molecule has 0 unspecified atom stereocenters. The van der Waals surface area contributed by atoms with Gasteiger partial charge in [-0.1, -0.05) is 0 Å². The fourth-order valence-electron chi connectivity index (χ4n) is 2.06. The average molecular weight is 326 g/mol. The molecule has 0 heterocycles. The number of aliphatic imine (C=N–C) groups is 1. The molecule has 1 aliphatic rings. The van der Waals surface area contributed by atoms with Crippen LogP contribution >= 0.6 is 0 Å². The predicted molar refractivity (Wildman–Crippen MR) is 94.6 cm³/mol. The van der Waals surface area contributed by atoms with Crippen LogP contribution in [-0.2, 0) is 9.53 Å². The Morgan fingerprint density at radius 3 is 2.48 bits per heavy atom. The molecule has 0 saturated heterocycles. The molecule has 1 saturated carbocycles. The van der Waals surface area contributed by atoms with Crippen LogP contribution in [0.25, 0.3) is 0 Å². The minimum absolute atomic E-state index is 0.0371. The zero-order valence-electron chi connectivity index (χ0n) is 15.4. The Kier molecular flexibility index (Phi) is 8.37. The van der Waals surface area contributed by atoms with Crippen molar-refractivity contribution in [3.63, 3.8) is 0 Å². The number of carbonyl (C=O) groups is 1. The van der Waals surface area contributed by atoms with Crippen LogP contribution in [0.4, 0.5) is 0 Å². The van der Waals surface area contributed by atoms with Crippen molar-refractivity contribution >= 4 is 11.9 Å². The summed E-state index contributed by atoms with van der Waals surface area (Å²) in [5.41, 5.74) is -0.514. The van der Waals surface area contributed by atoms with E-state index >= 15 is 0 Å². The number of nitrogens with zero attached hydrogens (tertiary/aromatic N) is 2. The Bertz CT molecular complexity index is 392. The molecule has 0 aromatic rings. The van der Waals surface area contributed by atoms with Crippen LogP contribution in [0.15, 0.2) is 4.99 Å². The Morgan fingerprint density at radius 1 is 1.26 bits per heavy atom. The summed E-state index contributed by atoms with van der Waals surface area (Å²) in [6.45, 7) is 12.1. The molecule has 6 nitrogen and oxygen atoms in total. The third-order valence-corrected chi connectivity index (χ3v) is 3.89. The molecule has 0 bridgehead atoms. The van der Waals surface area contributed by atoms with Gasteiger partial charge in [-0.05, 0) is 46.5 Å². The van der Waals surface area contributed by atoms with Crippen molar-refractivity contribution in [2.45, 2.75) is 40.5 Å². The summed E-state index contributed by atoms with van der Waals surface area (Å²) in [5.74, 6) is 1.65. The summed E-state index contributed by atoms with van der Waals surface area (Å²) in [4.78, 5) is 18.7. The van der Waals surface area contributed by atoms with Gasteiger partial charge < -0.3 is 20.3 Å². The van der Waals surface area contributed by atoms with Gasteiger partial charge in [0.2, 0.25) is 5.91 Å². The Labute approximate surface area is 141 Å². The predicted octanol–water partition coefficient (Wildman–Crippen LogP) is 1.47. The number of carbonyl (C=O) groups excluding carboxylic acids is 1. The van der Waals surface area contributed by atoms with Crippen LogP contribution in [0.3, 0.4) is 0 Å². The number of amides is 1. The molecular weight excluding hydrogens is 292 g/mol. The van der Waals surface area contributed by atoms with Gasteiger partial charge in [0.25, 0.3) is 0 Å². The Balaban J connectivity index is 2.47. The summed E-state index contributed by atoms with van der Waals surface area (Å²) in [5, 5.41) is 6.14. The first kappa shape index (κ1) is 19.7. The van der Waals surface area contributed by atoms with Gasteiger partial charge in [0.1, 0.15) is 0 Å². The highest BCUT2D eigenvalue weighted by Gasteiger charge is 2.27. The molecule has 134 valence electrons. The molecular formula is C17H34N4O2. The first-order valence-corrected chi connectivity index (χ1v) is 8.76. The average Bonchev–Trinajstić information content (AvgIpc) is 3.32. The smallest absolute Gasteiger partial charge is 0.227 e. The van der Waals surface area contributed by atoms with Gasteiger partial charge in [-0.25, -0.2) is 0 Å². The van der Waals surface area contributed by atoms with Gasteiger partial charge in [0.05, 0.1) is 18.6 Å². The fraction of sp³-hybridized carbons (Fsp3) is 0.882. The van der Waals surface area contributed by atoms with Crippen molar-refractivity contribution in [1.82, 2.24) is 15.5 Å². The normalized spacial score (nSPS) is 15.4. The number of rotatable bonds is 10. The second kappa shape index (κ2) is 9.75. The number of ether oxygens (including phenoxy) is 1. The monoisotopic (exact) mass is 326 g/mol. The number of hydrogen-bond acceptors (Lipinski definition) is 3. The Morgan fingerprint density at radius 2 is 1.91 bits per heavy atom. The van der Waals surface area contributed by atoms with E-state index in [9.17, 15) is 4.79 Å². The molecule has 1 fully saturated rings. The molecule has 1 amide bonds. The van der Waals surface area contributed by atoms with Gasteiger partial charge in [0, 0.05) is 33.3 Å². The minimum atomic E-state index is -0.514. The van der Waals surface area contributed by atoms with E-state index in [-0.39, 0.29) is 5.91 Å². The van der Waals surface area contributed by atoms with Crippen molar-refractivity contribution in [1.29, 1.82) is 0 Å². The SMILES string of the molecule is CCNC(=O)C(C)(C)CN=C(NCC)N(C)CCOCC1CC1. The number of likely N-dealkylation sites (N-methyl/N-ethyl adjacent to an activating group) is 1. The van der Waals surface area contributed by atoms with Crippen molar-refractivity contribution in [2.75, 3.05) is 46.4 Å². The highest BCUT2D eigenvalue weighted by Crippen LogP contribution is 2.28. The van der Waals surface area contributed by atoms with Crippen molar-refractivity contribution in [3.8, 4) is 0 Å². The molecule has 1 aliphatic carbocycles. The van der Waals surface area contributed by atoms with E-state index in [1.165, 1.54) is 12.8 Å².